The highest BCUT2D eigenvalue weighted by Gasteiger charge is 2.35. The summed E-state index contributed by atoms with van der Waals surface area (Å²) in [5.41, 5.74) is 7.50. The van der Waals surface area contributed by atoms with Gasteiger partial charge < -0.3 is 14.8 Å². The Labute approximate surface area is 228 Å². The number of nitrogens with zero attached hydrogens (tertiary/aromatic N) is 4. The third-order valence-electron chi connectivity index (χ3n) is 7.56. The number of benzene rings is 3. The molecule has 39 heavy (non-hydrogen) atoms. The summed E-state index contributed by atoms with van der Waals surface area (Å²) in [7, 11) is 0. The largest absolute Gasteiger partial charge is 0.354 e. The second-order valence-corrected chi connectivity index (χ2v) is 10.0. The van der Waals surface area contributed by atoms with E-state index in [2.05, 4.69) is 16.4 Å². The summed E-state index contributed by atoms with van der Waals surface area (Å²) in [6, 6.07) is 22.8. The van der Waals surface area contributed by atoms with E-state index in [9.17, 15) is 9.59 Å². The molecule has 196 valence electrons. The minimum absolute atomic E-state index is 0.119. The van der Waals surface area contributed by atoms with Crippen molar-refractivity contribution >= 4 is 11.8 Å². The summed E-state index contributed by atoms with van der Waals surface area (Å²) in [5, 5.41) is 12.1. The van der Waals surface area contributed by atoms with Crippen molar-refractivity contribution in [3.63, 3.8) is 0 Å². The van der Waals surface area contributed by atoms with Gasteiger partial charge >= 0.3 is 0 Å². The minimum Gasteiger partial charge on any atom is -0.354 e. The predicted octanol–water partition coefficient (Wildman–Crippen LogP) is 4.35. The van der Waals surface area contributed by atoms with E-state index in [1.54, 1.807) is 23.4 Å². The molecule has 4 aromatic rings. The zero-order chi connectivity index (χ0) is 27.4. The lowest BCUT2D eigenvalue weighted by Crippen LogP contribution is -2.53. The molecule has 7 nitrogen and oxygen atoms in total. The third-order valence-corrected chi connectivity index (χ3v) is 7.56. The average Bonchev–Trinajstić information content (AvgIpc) is 3.40. The number of hydrogen-bond donors (Lipinski definition) is 1. The van der Waals surface area contributed by atoms with E-state index in [1.165, 1.54) is 0 Å². The lowest BCUT2D eigenvalue weighted by Gasteiger charge is -2.36. The molecule has 0 unspecified atom stereocenters. The molecule has 0 spiro atoms. The summed E-state index contributed by atoms with van der Waals surface area (Å²) in [6.45, 7) is 5.41. The van der Waals surface area contributed by atoms with Gasteiger partial charge in [0.25, 0.3) is 5.91 Å². The number of nitriles is 1. The number of nitrogens with one attached hydrogen (secondary N) is 1. The maximum Gasteiger partial charge on any atom is 0.255 e. The molecular formula is C32H31N5O2. The number of aryl methyl sites for hydroxylation is 1. The number of carbonyl (C=O) groups is 2. The fourth-order valence-corrected chi connectivity index (χ4v) is 5.12. The minimum atomic E-state index is -0.587. The van der Waals surface area contributed by atoms with Gasteiger partial charge in [-0.1, -0.05) is 48.5 Å². The molecule has 0 bridgehead atoms. The molecule has 1 aliphatic rings. The van der Waals surface area contributed by atoms with Crippen LogP contribution in [0, 0.1) is 25.2 Å². The number of aromatic nitrogens is 2. The van der Waals surface area contributed by atoms with Crippen LogP contribution >= 0.6 is 0 Å². The molecule has 1 N–H and O–H groups in total. The maximum absolute atomic E-state index is 13.7. The highest BCUT2D eigenvalue weighted by Crippen LogP contribution is 2.26. The van der Waals surface area contributed by atoms with E-state index in [0.29, 0.717) is 43.6 Å². The Balaban J connectivity index is 1.28. The topological polar surface area (TPSA) is 91.0 Å². The molecule has 3 aromatic carbocycles. The molecule has 0 saturated heterocycles. The number of imidazole rings is 1. The molecule has 0 aliphatic carbocycles. The molecular weight excluding hydrogens is 486 g/mol. The maximum atomic E-state index is 13.7. The van der Waals surface area contributed by atoms with Crippen LogP contribution in [0.4, 0.5) is 0 Å². The fourth-order valence-electron chi connectivity index (χ4n) is 5.12. The van der Waals surface area contributed by atoms with Gasteiger partial charge in [-0.15, -0.1) is 0 Å². The highest BCUT2D eigenvalue weighted by molar-refractivity contribution is 5.99. The standard InChI is InChI=1S/C32H31N5O2/c1-22-6-5-9-29(23(22)2)32(39)37-20-27-8-4-3-7-26(27)16-30(37)31(38)35-15-14-28-18-34-21-36(28)19-25-12-10-24(17-33)11-13-25/h3-13,18,21,30H,14-16,19-20H2,1-2H3,(H,35,38)/t30-/m0/s1. The van der Waals surface area contributed by atoms with Crippen LogP contribution in [0.25, 0.3) is 0 Å². The van der Waals surface area contributed by atoms with Crippen LogP contribution < -0.4 is 5.32 Å². The lowest BCUT2D eigenvalue weighted by atomic mass is 9.92. The number of amides is 2. The van der Waals surface area contributed by atoms with Crippen molar-refractivity contribution in [3.05, 3.63) is 124 Å². The molecule has 7 heteroatoms. The molecule has 0 saturated carbocycles. The van der Waals surface area contributed by atoms with Crippen molar-refractivity contribution in [3.8, 4) is 6.07 Å². The Morgan fingerprint density at radius 3 is 2.56 bits per heavy atom. The Kier molecular flexibility index (Phi) is 7.55. The van der Waals surface area contributed by atoms with Crippen LogP contribution in [0.2, 0.25) is 0 Å². The van der Waals surface area contributed by atoms with Crippen molar-refractivity contribution in [2.45, 2.75) is 45.8 Å². The molecule has 1 aromatic heterocycles. The van der Waals surface area contributed by atoms with E-state index in [1.807, 2.05) is 79.2 Å². The van der Waals surface area contributed by atoms with Crippen LogP contribution in [-0.4, -0.2) is 38.9 Å². The average molecular weight is 518 g/mol. The van der Waals surface area contributed by atoms with E-state index in [4.69, 9.17) is 5.26 Å². The summed E-state index contributed by atoms with van der Waals surface area (Å²) < 4.78 is 2.04. The third kappa shape index (κ3) is 5.60. The van der Waals surface area contributed by atoms with Gasteiger partial charge in [-0.2, -0.15) is 5.26 Å². The van der Waals surface area contributed by atoms with Crippen molar-refractivity contribution in [1.82, 2.24) is 19.8 Å². The zero-order valence-corrected chi connectivity index (χ0v) is 22.2. The SMILES string of the molecule is Cc1cccc(C(=O)N2Cc3ccccc3C[C@H]2C(=O)NCCc2cncn2Cc2ccc(C#N)cc2)c1C. The van der Waals surface area contributed by atoms with E-state index < -0.39 is 6.04 Å². The number of fused-ring (bicyclic) bond motifs is 1. The van der Waals surface area contributed by atoms with Gasteiger partial charge in [0.15, 0.2) is 0 Å². The summed E-state index contributed by atoms with van der Waals surface area (Å²) in [6.07, 6.45) is 4.67. The number of hydrogen-bond acceptors (Lipinski definition) is 4. The van der Waals surface area contributed by atoms with Gasteiger partial charge in [-0.3, -0.25) is 9.59 Å². The van der Waals surface area contributed by atoms with Gasteiger partial charge in [0.05, 0.1) is 18.0 Å². The van der Waals surface area contributed by atoms with Gasteiger partial charge in [0.2, 0.25) is 5.91 Å². The van der Waals surface area contributed by atoms with Gasteiger partial charge in [-0.25, -0.2) is 4.98 Å². The molecule has 0 fully saturated rings. The Bertz CT molecular complexity index is 1550. The smallest absolute Gasteiger partial charge is 0.255 e. The van der Waals surface area contributed by atoms with Gasteiger partial charge in [-0.05, 0) is 59.9 Å². The Morgan fingerprint density at radius 1 is 1.03 bits per heavy atom. The molecule has 2 amide bonds. The Hall–Kier alpha value is -4.70. The molecule has 0 radical (unpaired) electrons. The fraction of sp³-hybridized carbons (Fsp3) is 0.250. The molecule has 5 rings (SSSR count). The van der Waals surface area contributed by atoms with Crippen LogP contribution in [0.1, 0.15) is 49.4 Å². The normalized spacial score (nSPS) is 14.4. The van der Waals surface area contributed by atoms with Crippen molar-refractivity contribution in [1.29, 1.82) is 5.26 Å². The quantitative estimate of drug-likeness (QED) is 0.395. The lowest BCUT2D eigenvalue weighted by molar-refractivity contribution is -0.126. The first-order chi connectivity index (χ1) is 18.9. The van der Waals surface area contributed by atoms with E-state index in [-0.39, 0.29) is 11.8 Å². The first kappa shape index (κ1) is 25.9. The van der Waals surface area contributed by atoms with Gasteiger partial charge in [0.1, 0.15) is 6.04 Å². The molecule has 1 aliphatic heterocycles. The molecule has 2 heterocycles. The van der Waals surface area contributed by atoms with Crippen LogP contribution in [-0.2, 0) is 30.7 Å². The highest BCUT2D eigenvalue weighted by atomic mass is 16.2. The number of rotatable bonds is 7. The van der Waals surface area contributed by atoms with E-state index in [0.717, 1.165) is 33.5 Å². The van der Waals surface area contributed by atoms with E-state index >= 15 is 0 Å². The van der Waals surface area contributed by atoms with Crippen LogP contribution in [0.15, 0.2) is 79.3 Å². The second kappa shape index (κ2) is 11.4. The first-order valence-electron chi connectivity index (χ1n) is 13.1. The van der Waals surface area contributed by atoms with Crippen molar-refractivity contribution in [2.24, 2.45) is 0 Å². The Morgan fingerprint density at radius 2 is 1.79 bits per heavy atom. The molecule has 1 atom stereocenters. The predicted molar refractivity (Wildman–Crippen MR) is 149 cm³/mol. The summed E-state index contributed by atoms with van der Waals surface area (Å²) in [5.74, 6) is -0.271. The van der Waals surface area contributed by atoms with Crippen molar-refractivity contribution in [2.75, 3.05) is 6.54 Å². The first-order valence-corrected chi connectivity index (χ1v) is 13.1. The van der Waals surface area contributed by atoms with Crippen LogP contribution in [0.5, 0.6) is 0 Å². The van der Waals surface area contributed by atoms with Crippen molar-refractivity contribution < 1.29 is 9.59 Å². The summed E-state index contributed by atoms with van der Waals surface area (Å²) >= 11 is 0. The summed E-state index contributed by atoms with van der Waals surface area (Å²) in [4.78, 5) is 33.3. The van der Waals surface area contributed by atoms with Gasteiger partial charge in [0, 0.05) is 49.9 Å². The van der Waals surface area contributed by atoms with Crippen LogP contribution in [0.3, 0.4) is 0 Å². The zero-order valence-electron chi connectivity index (χ0n) is 22.2. The monoisotopic (exact) mass is 517 g/mol. The number of carbonyl (C=O) groups excluding carboxylic acids is 2. The second-order valence-electron chi connectivity index (χ2n) is 10.0.